The number of carbonyl (C=O) groups is 1. The number of hydrogen-bond acceptors (Lipinski definition) is 7. The molecular formula is C23H31BrN6O2. The Balaban J connectivity index is 1.23. The topological polar surface area (TPSA) is 103 Å². The highest BCUT2D eigenvalue weighted by molar-refractivity contribution is 9.10. The van der Waals surface area contributed by atoms with E-state index in [0.29, 0.717) is 18.4 Å². The molecule has 1 fully saturated rings. The molecule has 0 radical (unpaired) electrons. The van der Waals surface area contributed by atoms with E-state index in [9.17, 15) is 9.90 Å². The first-order valence-corrected chi connectivity index (χ1v) is 12.3. The molecule has 3 heterocycles. The third-order valence-electron chi connectivity index (χ3n) is 6.07. The maximum Gasteiger partial charge on any atom is 0.326 e. The number of carboxylic acids is 1. The molecule has 0 bridgehead atoms. The number of aliphatic carboxylic acids is 1. The van der Waals surface area contributed by atoms with Crippen LogP contribution in [0.2, 0.25) is 0 Å². The van der Waals surface area contributed by atoms with Crippen LogP contribution in [0.5, 0.6) is 0 Å². The minimum absolute atomic E-state index is 0.339. The van der Waals surface area contributed by atoms with E-state index in [0.717, 1.165) is 61.3 Å². The zero-order valence-corrected chi connectivity index (χ0v) is 19.9. The van der Waals surface area contributed by atoms with Crippen molar-refractivity contribution in [2.75, 3.05) is 30.3 Å². The largest absolute Gasteiger partial charge is 0.480 e. The average Bonchev–Trinajstić information content (AvgIpc) is 3.64. The van der Waals surface area contributed by atoms with E-state index in [1.807, 2.05) is 0 Å². The maximum absolute atomic E-state index is 11.7. The van der Waals surface area contributed by atoms with Gasteiger partial charge in [-0.3, -0.25) is 0 Å². The highest BCUT2D eigenvalue weighted by Crippen LogP contribution is 2.28. The van der Waals surface area contributed by atoms with Gasteiger partial charge in [-0.1, -0.05) is 6.07 Å². The molecule has 1 atom stereocenters. The molecule has 1 saturated carbocycles. The van der Waals surface area contributed by atoms with Gasteiger partial charge in [-0.2, -0.15) is 0 Å². The second-order valence-electron chi connectivity index (χ2n) is 8.61. The molecule has 4 rings (SSSR count). The zero-order chi connectivity index (χ0) is 22.3. The van der Waals surface area contributed by atoms with E-state index in [4.69, 9.17) is 4.98 Å². The Labute approximate surface area is 197 Å². The second kappa shape index (κ2) is 11.0. The summed E-state index contributed by atoms with van der Waals surface area (Å²) >= 11 is 3.29. The lowest BCUT2D eigenvalue weighted by molar-refractivity contribution is -0.138. The lowest BCUT2D eigenvalue weighted by Gasteiger charge is -2.24. The molecular weight excluding hydrogens is 472 g/mol. The van der Waals surface area contributed by atoms with Crippen molar-refractivity contribution in [3.63, 3.8) is 0 Å². The average molecular weight is 503 g/mol. The zero-order valence-electron chi connectivity index (χ0n) is 18.3. The number of aryl methyl sites for hydroxylation is 2. The van der Waals surface area contributed by atoms with Crippen molar-refractivity contribution in [2.45, 2.75) is 63.5 Å². The number of anilines is 2. The molecule has 0 aromatic carbocycles. The number of nitrogens with zero attached hydrogens (tertiary/aromatic N) is 4. The van der Waals surface area contributed by atoms with Crippen molar-refractivity contribution in [1.82, 2.24) is 19.9 Å². The first-order valence-electron chi connectivity index (χ1n) is 11.5. The van der Waals surface area contributed by atoms with Crippen LogP contribution in [0.3, 0.4) is 0 Å². The molecule has 1 aliphatic carbocycles. The predicted molar refractivity (Wildman–Crippen MR) is 128 cm³/mol. The van der Waals surface area contributed by atoms with Gasteiger partial charge in [0.05, 0.1) is 4.47 Å². The van der Waals surface area contributed by atoms with Crippen LogP contribution in [0.15, 0.2) is 29.0 Å². The molecule has 3 N–H and O–H groups in total. The highest BCUT2D eigenvalue weighted by Gasteiger charge is 2.30. The van der Waals surface area contributed by atoms with Gasteiger partial charge in [0.2, 0.25) is 5.95 Å². The molecule has 9 heteroatoms. The van der Waals surface area contributed by atoms with Gasteiger partial charge in [0.25, 0.3) is 0 Å². The fraction of sp³-hybridized carbons (Fsp3) is 0.565. The third-order valence-corrected chi connectivity index (χ3v) is 6.48. The summed E-state index contributed by atoms with van der Waals surface area (Å²) in [5, 5.41) is 16.0. The lowest BCUT2D eigenvalue weighted by atomic mass is 10.1. The van der Waals surface area contributed by atoms with Crippen LogP contribution < -0.4 is 10.6 Å². The van der Waals surface area contributed by atoms with E-state index in [1.165, 1.54) is 24.8 Å². The van der Waals surface area contributed by atoms with Crippen LogP contribution in [0.1, 0.15) is 49.8 Å². The van der Waals surface area contributed by atoms with Crippen molar-refractivity contribution >= 4 is 33.7 Å². The van der Waals surface area contributed by atoms with Crippen molar-refractivity contribution < 1.29 is 9.90 Å². The summed E-state index contributed by atoms with van der Waals surface area (Å²) in [5.41, 5.74) is 2.48. The number of carboxylic acid groups (broad SMARTS) is 1. The van der Waals surface area contributed by atoms with Crippen molar-refractivity contribution in [1.29, 1.82) is 0 Å². The number of rotatable bonds is 12. The normalized spacial score (nSPS) is 16.3. The SMILES string of the molecule is O=C(O)C(CCN(CCCCc1ccc2c(n1)NCCC2)C1CC1)Nc1ncc(Br)cn1. The molecule has 0 amide bonds. The molecule has 0 spiro atoms. The van der Waals surface area contributed by atoms with Crippen LogP contribution in [-0.4, -0.2) is 62.6 Å². The fourth-order valence-electron chi connectivity index (χ4n) is 4.14. The van der Waals surface area contributed by atoms with Gasteiger partial charge in [0.15, 0.2) is 0 Å². The minimum Gasteiger partial charge on any atom is -0.480 e. The number of pyridine rings is 1. The van der Waals surface area contributed by atoms with Gasteiger partial charge in [-0.25, -0.2) is 19.7 Å². The molecule has 2 aromatic heterocycles. The molecule has 32 heavy (non-hydrogen) atoms. The number of nitrogens with one attached hydrogen (secondary N) is 2. The van der Waals surface area contributed by atoms with Crippen LogP contribution in [0, 0.1) is 0 Å². The van der Waals surface area contributed by atoms with Crippen molar-refractivity contribution in [3.05, 3.63) is 40.3 Å². The van der Waals surface area contributed by atoms with Gasteiger partial charge < -0.3 is 20.6 Å². The van der Waals surface area contributed by atoms with Crippen LogP contribution in [-0.2, 0) is 17.6 Å². The van der Waals surface area contributed by atoms with E-state index in [1.54, 1.807) is 12.4 Å². The Morgan fingerprint density at radius 3 is 2.81 bits per heavy atom. The number of halogens is 1. The van der Waals surface area contributed by atoms with E-state index in [2.05, 4.69) is 53.6 Å². The number of aromatic nitrogens is 3. The third kappa shape index (κ3) is 6.62. The molecule has 8 nitrogen and oxygen atoms in total. The minimum atomic E-state index is -0.876. The summed E-state index contributed by atoms with van der Waals surface area (Å²) in [6.07, 6.45) is 11.6. The monoisotopic (exact) mass is 502 g/mol. The van der Waals surface area contributed by atoms with E-state index < -0.39 is 12.0 Å². The van der Waals surface area contributed by atoms with Gasteiger partial charge in [-0.05, 0) is 85.5 Å². The lowest BCUT2D eigenvalue weighted by Crippen LogP contribution is -2.36. The first kappa shape index (κ1) is 22.9. The quantitative estimate of drug-likeness (QED) is 0.377. The Morgan fingerprint density at radius 1 is 1.25 bits per heavy atom. The maximum atomic E-state index is 11.7. The van der Waals surface area contributed by atoms with Gasteiger partial charge in [-0.15, -0.1) is 0 Å². The Bertz CT molecular complexity index is 906. The van der Waals surface area contributed by atoms with E-state index in [-0.39, 0.29) is 0 Å². The van der Waals surface area contributed by atoms with Crippen LogP contribution in [0.4, 0.5) is 11.8 Å². The summed E-state index contributed by atoms with van der Waals surface area (Å²) < 4.78 is 0.761. The molecule has 2 aromatic rings. The van der Waals surface area contributed by atoms with Gasteiger partial charge in [0.1, 0.15) is 11.9 Å². The van der Waals surface area contributed by atoms with E-state index >= 15 is 0 Å². The molecule has 0 saturated heterocycles. The fourth-order valence-corrected chi connectivity index (χ4v) is 4.35. The van der Waals surface area contributed by atoms with Crippen molar-refractivity contribution in [3.8, 4) is 0 Å². The molecule has 2 aliphatic rings. The second-order valence-corrected chi connectivity index (χ2v) is 9.53. The summed E-state index contributed by atoms with van der Waals surface area (Å²) in [5.74, 6) is 0.528. The number of fused-ring (bicyclic) bond motifs is 1. The Morgan fingerprint density at radius 2 is 2.06 bits per heavy atom. The number of unbranched alkanes of at least 4 members (excludes halogenated alkanes) is 1. The standard InChI is InChI=1S/C23H31BrN6O2/c24-17-14-26-23(27-15-17)29-20(22(31)32)10-13-30(19-8-9-19)12-2-1-5-18-7-6-16-4-3-11-25-21(16)28-18/h6-7,14-15,19-20H,1-5,8-13H2,(H,25,28)(H,31,32)(H,26,27,29). The van der Waals surface area contributed by atoms with Gasteiger partial charge >= 0.3 is 5.97 Å². The summed E-state index contributed by atoms with van der Waals surface area (Å²) in [7, 11) is 0. The smallest absolute Gasteiger partial charge is 0.326 e. The van der Waals surface area contributed by atoms with Crippen LogP contribution in [0.25, 0.3) is 0 Å². The molecule has 172 valence electrons. The summed E-state index contributed by atoms with van der Waals surface area (Å²) in [6, 6.07) is 4.27. The Kier molecular flexibility index (Phi) is 7.91. The van der Waals surface area contributed by atoms with Gasteiger partial charge in [0, 0.05) is 37.2 Å². The predicted octanol–water partition coefficient (Wildman–Crippen LogP) is 3.73. The van der Waals surface area contributed by atoms with Crippen molar-refractivity contribution in [2.24, 2.45) is 0 Å². The molecule has 1 aliphatic heterocycles. The molecule has 1 unspecified atom stereocenters. The van der Waals surface area contributed by atoms with Crippen LogP contribution >= 0.6 is 15.9 Å². The summed E-state index contributed by atoms with van der Waals surface area (Å²) in [4.78, 5) is 27.2. The Hall–Kier alpha value is -2.26. The number of hydrogen-bond donors (Lipinski definition) is 3. The summed E-state index contributed by atoms with van der Waals surface area (Å²) in [6.45, 7) is 2.76. The highest BCUT2D eigenvalue weighted by atomic mass is 79.9. The first-order chi connectivity index (χ1) is 15.6.